The normalized spacial score (nSPS) is 20.2. The monoisotopic (exact) mass is 346 g/mol. The van der Waals surface area contributed by atoms with Gasteiger partial charge in [-0.15, -0.1) is 6.58 Å². The topological polar surface area (TPSA) is 60.3 Å². The zero-order chi connectivity index (χ0) is 18.6. The molecule has 25 heavy (non-hydrogen) atoms. The van der Waals surface area contributed by atoms with Crippen molar-refractivity contribution in [3.8, 4) is 0 Å². The van der Waals surface area contributed by atoms with Gasteiger partial charge in [0.2, 0.25) is 0 Å². The van der Waals surface area contributed by atoms with Gasteiger partial charge in [-0.3, -0.25) is 4.79 Å². The van der Waals surface area contributed by atoms with Crippen LogP contribution in [-0.2, 0) is 11.3 Å². The van der Waals surface area contributed by atoms with Crippen molar-refractivity contribution in [2.24, 2.45) is 5.92 Å². The lowest BCUT2D eigenvalue weighted by molar-refractivity contribution is 0.0513. The number of allylic oxidation sites excluding steroid dienone is 1. The molecule has 138 valence electrons. The molecule has 2 atom stereocenters. The Morgan fingerprint density at radius 1 is 1.32 bits per heavy atom. The fraction of sp³-hybridized carbons (Fsp3) is 0.600. The number of amides is 1. The van der Waals surface area contributed by atoms with Crippen molar-refractivity contribution in [1.29, 1.82) is 0 Å². The Balaban J connectivity index is 2.36. The summed E-state index contributed by atoms with van der Waals surface area (Å²) in [6.07, 6.45) is 6.27. The minimum absolute atomic E-state index is 0.0953. The molecule has 0 saturated heterocycles. The Labute approximate surface area is 150 Å². The molecule has 0 spiro atoms. The first-order valence-electron chi connectivity index (χ1n) is 9.20. The molecular weight excluding hydrogens is 316 g/mol. The van der Waals surface area contributed by atoms with Gasteiger partial charge in [0.25, 0.3) is 5.91 Å². The van der Waals surface area contributed by atoms with E-state index in [0.29, 0.717) is 35.9 Å². The largest absolute Gasteiger partial charge is 0.461 e. The summed E-state index contributed by atoms with van der Waals surface area (Å²) in [7, 11) is 0. The van der Waals surface area contributed by atoms with Gasteiger partial charge < -0.3 is 14.6 Å². The third-order valence-electron chi connectivity index (χ3n) is 5.20. The molecular formula is C20H30N2O3. The summed E-state index contributed by atoms with van der Waals surface area (Å²) >= 11 is 0. The van der Waals surface area contributed by atoms with Gasteiger partial charge in [0.1, 0.15) is 5.69 Å². The van der Waals surface area contributed by atoms with Crippen molar-refractivity contribution in [2.75, 3.05) is 6.61 Å². The molecule has 0 aromatic carbocycles. The Hall–Kier alpha value is -2.04. The highest BCUT2D eigenvalue weighted by Gasteiger charge is 2.29. The van der Waals surface area contributed by atoms with Crippen LogP contribution < -0.4 is 5.32 Å². The van der Waals surface area contributed by atoms with Crippen LogP contribution in [0.1, 0.15) is 71.6 Å². The van der Waals surface area contributed by atoms with Crippen LogP contribution in [0.2, 0.25) is 0 Å². The van der Waals surface area contributed by atoms with Crippen LogP contribution in [0.15, 0.2) is 12.7 Å². The fourth-order valence-corrected chi connectivity index (χ4v) is 3.82. The molecule has 0 aliphatic heterocycles. The summed E-state index contributed by atoms with van der Waals surface area (Å²) in [4.78, 5) is 25.3. The van der Waals surface area contributed by atoms with E-state index >= 15 is 0 Å². The van der Waals surface area contributed by atoms with Crippen LogP contribution in [0.5, 0.6) is 0 Å². The molecule has 5 nitrogen and oxygen atoms in total. The van der Waals surface area contributed by atoms with E-state index in [4.69, 9.17) is 4.74 Å². The third kappa shape index (κ3) is 3.97. The van der Waals surface area contributed by atoms with E-state index in [0.717, 1.165) is 25.0 Å². The predicted molar refractivity (Wildman–Crippen MR) is 98.9 cm³/mol. The number of rotatable bonds is 6. The van der Waals surface area contributed by atoms with Crippen molar-refractivity contribution in [1.82, 2.24) is 9.88 Å². The summed E-state index contributed by atoms with van der Waals surface area (Å²) in [6, 6.07) is 0.203. The SMILES string of the molecule is C=CCn1c(C)c(C(=O)NC2CCCCC2C)c(C)c1C(=O)OCC. The van der Waals surface area contributed by atoms with Crippen LogP contribution in [0.3, 0.4) is 0 Å². The highest BCUT2D eigenvalue weighted by atomic mass is 16.5. The Morgan fingerprint density at radius 3 is 2.60 bits per heavy atom. The number of nitrogens with zero attached hydrogens (tertiary/aromatic N) is 1. The highest BCUT2D eigenvalue weighted by molar-refractivity contribution is 6.01. The number of aromatic nitrogens is 1. The van der Waals surface area contributed by atoms with Crippen LogP contribution in [-0.4, -0.2) is 29.1 Å². The summed E-state index contributed by atoms with van der Waals surface area (Å²) in [5.74, 6) is -0.00440. The summed E-state index contributed by atoms with van der Waals surface area (Å²) in [5, 5.41) is 3.19. The number of hydrogen-bond donors (Lipinski definition) is 1. The Kier molecular flexibility index (Phi) is 6.45. The van der Waals surface area contributed by atoms with Crippen LogP contribution in [0.4, 0.5) is 0 Å². The number of carbonyl (C=O) groups is 2. The van der Waals surface area contributed by atoms with Gasteiger partial charge in [0.15, 0.2) is 0 Å². The molecule has 5 heteroatoms. The second-order valence-electron chi connectivity index (χ2n) is 6.90. The zero-order valence-electron chi connectivity index (χ0n) is 15.9. The average molecular weight is 346 g/mol. The minimum atomic E-state index is -0.393. The predicted octanol–water partition coefficient (Wildman–Crippen LogP) is 3.78. The van der Waals surface area contributed by atoms with Gasteiger partial charge in [0.05, 0.1) is 12.2 Å². The fourth-order valence-electron chi connectivity index (χ4n) is 3.82. The van der Waals surface area contributed by atoms with Gasteiger partial charge in [0, 0.05) is 18.3 Å². The first-order valence-corrected chi connectivity index (χ1v) is 9.20. The van der Waals surface area contributed by atoms with E-state index in [-0.39, 0.29) is 11.9 Å². The summed E-state index contributed by atoms with van der Waals surface area (Å²) in [5.41, 5.74) is 2.49. The zero-order valence-corrected chi connectivity index (χ0v) is 15.9. The number of carbonyl (C=O) groups excluding carboxylic acids is 2. The molecule has 2 unspecified atom stereocenters. The van der Waals surface area contributed by atoms with Crippen molar-refractivity contribution >= 4 is 11.9 Å². The van der Waals surface area contributed by atoms with E-state index in [1.807, 2.05) is 18.4 Å². The molecule has 1 heterocycles. The van der Waals surface area contributed by atoms with Gasteiger partial charge in [-0.05, 0) is 45.1 Å². The standard InChI is InChI=1S/C20H30N2O3/c1-6-12-22-15(5)17(14(4)18(22)20(24)25-7-2)19(23)21-16-11-9-8-10-13(16)3/h6,13,16H,1,7-12H2,2-5H3,(H,21,23). The molecule has 1 N–H and O–H groups in total. The second kappa shape index (κ2) is 8.37. The lowest BCUT2D eigenvalue weighted by Crippen LogP contribution is -2.41. The lowest BCUT2D eigenvalue weighted by Gasteiger charge is -2.29. The molecule has 1 saturated carbocycles. The Morgan fingerprint density at radius 2 is 2.00 bits per heavy atom. The van der Waals surface area contributed by atoms with E-state index in [1.165, 1.54) is 6.42 Å². The molecule has 0 radical (unpaired) electrons. The molecule has 1 fully saturated rings. The lowest BCUT2D eigenvalue weighted by atomic mass is 9.86. The second-order valence-corrected chi connectivity index (χ2v) is 6.90. The maximum Gasteiger partial charge on any atom is 0.355 e. The number of hydrogen-bond acceptors (Lipinski definition) is 3. The quantitative estimate of drug-likeness (QED) is 0.630. The van der Waals surface area contributed by atoms with E-state index in [9.17, 15) is 9.59 Å². The summed E-state index contributed by atoms with van der Waals surface area (Å²) in [6.45, 7) is 12.2. The molecule has 1 aliphatic rings. The van der Waals surface area contributed by atoms with Crippen molar-refractivity contribution in [3.05, 3.63) is 35.2 Å². The smallest absolute Gasteiger partial charge is 0.355 e. The van der Waals surface area contributed by atoms with E-state index < -0.39 is 5.97 Å². The average Bonchev–Trinajstić information content (AvgIpc) is 2.81. The van der Waals surface area contributed by atoms with Crippen molar-refractivity contribution in [2.45, 2.75) is 66.0 Å². The minimum Gasteiger partial charge on any atom is -0.461 e. The summed E-state index contributed by atoms with van der Waals surface area (Å²) < 4.78 is 7.00. The first-order chi connectivity index (χ1) is 11.9. The molecule has 1 aliphatic carbocycles. The van der Waals surface area contributed by atoms with Gasteiger partial charge in [-0.2, -0.15) is 0 Å². The Bertz CT molecular complexity index is 660. The highest BCUT2D eigenvalue weighted by Crippen LogP contribution is 2.27. The number of ether oxygens (including phenoxy) is 1. The molecule has 1 amide bonds. The maximum atomic E-state index is 12.9. The van der Waals surface area contributed by atoms with Crippen molar-refractivity contribution < 1.29 is 14.3 Å². The maximum absolute atomic E-state index is 12.9. The number of esters is 1. The van der Waals surface area contributed by atoms with Crippen LogP contribution in [0.25, 0.3) is 0 Å². The van der Waals surface area contributed by atoms with Gasteiger partial charge >= 0.3 is 5.97 Å². The van der Waals surface area contributed by atoms with E-state index in [2.05, 4.69) is 18.8 Å². The van der Waals surface area contributed by atoms with E-state index in [1.54, 1.807) is 13.0 Å². The third-order valence-corrected chi connectivity index (χ3v) is 5.20. The van der Waals surface area contributed by atoms with Crippen molar-refractivity contribution in [3.63, 3.8) is 0 Å². The molecule has 1 aromatic rings. The van der Waals surface area contributed by atoms with Gasteiger partial charge in [-0.25, -0.2) is 4.79 Å². The van der Waals surface area contributed by atoms with Crippen LogP contribution in [0, 0.1) is 19.8 Å². The first kappa shape index (κ1) is 19.3. The number of nitrogens with one attached hydrogen (secondary N) is 1. The molecule has 1 aromatic heterocycles. The van der Waals surface area contributed by atoms with Gasteiger partial charge in [-0.1, -0.05) is 25.8 Å². The van der Waals surface area contributed by atoms with Crippen LogP contribution >= 0.6 is 0 Å². The molecule has 2 rings (SSSR count). The molecule has 0 bridgehead atoms.